The molecule has 9 nitrogen and oxygen atoms in total. The minimum Gasteiger partial charge on any atom is -0.444 e. The van der Waals surface area contributed by atoms with Crippen LogP contribution in [0.1, 0.15) is 115 Å². The van der Waals surface area contributed by atoms with E-state index in [1.54, 1.807) is 20.8 Å². The van der Waals surface area contributed by atoms with Crippen molar-refractivity contribution in [3.05, 3.63) is 47.5 Å². The second-order valence-corrected chi connectivity index (χ2v) is 14.2. The highest BCUT2D eigenvalue weighted by Crippen LogP contribution is 2.42. The topological polar surface area (TPSA) is 92.6 Å². The molecule has 5 rings (SSSR count). The highest BCUT2D eigenvalue weighted by molar-refractivity contribution is 5.86. The van der Waals surface area contributed by atoms with Crippen molar-refractivity contribution in [3.63, 3.8) is 0 Å². The first-order valence-electron chi connectivity index (χ1n) is 16.1. The predicted molar refractivity (Wildman–Crippen MR) is 163 cm³/mol. The third-order valence-corrected chi connectivity index (χ3v) is 9.32. The lowest BCUT2D eigenvalue weighted by molar-refractivity contribution is -0.136. The average Bonchev–Trinajstić information content (AvgIpc) is 3.45. The molecule has 0 aliphatic carbocycles. The Hall–Kier alpha value is -3.08. The number of benzene rings is 1. The Bertz CT molecular complexity index is 1300. The first kappa shape index (κ1) is 32.3. The number of amides is 2. The SMILES string of the molecule is Cc1nnc(C(C)C)n1C1C[C@H]2CC[C@@H](C1)N2CC[C@H](NC(=O)C1CCC(F)(F)CN1C(=O)OC(C)(C)C)c1ccccc1. The van der Waals surface area contributed by atoms with Gasteiger partial charge in [0, 0.05) is 37.0 Å². The van der Waals surface area contributed by atoms with E-state index in [0.717, 1.165) is 54.3 Å². The van der Waals surface area contributed by atoms with Crippen molar-refractivity contribution in [1.29, 1.82) is 0 Å². The summed E-state index contributed by atoms with van der Waals surface area (Å²) in [6, 6.07) is 9.68. The number of aryl methyl sites for hydroxylation is 1. The van der Waals surface area contributed by atoms with Crippen LogP contribution >= 0.6 is 0 Å². The molecule has 3 aliphatic heterocycles. The van der Waals surface area contributed by atoms with E-state index in [1.165, 1.54) is 0 Å². The van der Waals surface area contributed by atoms with Crippen LogP contribution in [0.3, 0.4) is 0 Å². The molecule has 2 aromatic rings. The summed E-state index contributed by atoms with van der Waals surface area (Å²) < 4.78 is 36.6. The van der Waals surface area contributed by atoms with E-state index >= 15 is 0 Å². The predicted octanol–water partition coefficient (Wildman–Crippen LogP) is 6.16. The van der Waals surface area contributed by atoms with Gasteiger partial charge in [-0.2, -0.15) is 0 Å². The number of ether oxygens (including phenoxy) is 1. The zero-order chi connectivity index (χ0) is 31.8. The summed E-state index contributed by atoms with van der Waals surface area (Å²) in [5, 5.41) is 12.0. The van der Waals surface area contributed by atoms with Crippen molar-refractivity contribution in [2.75, 3.05) is 13.1 Å². The number of hydrogen-bond donors (Lipinski definition) is 1. The van der Waals surface area contributed by atoms with Crippen LogP contribution in [0.5, 0.6) is 0 Å². The van der Waals surface area contributed by atoms with Crippen LogP contribution in [0, 0.1) is 6.92 Å². The van der Waals surface area contributed by atoms with Gasteiger partial charge in [-0.05, 0) is 71.8 Å². The van der Waals surface area contributed by atoms with Gasteiger partial charge in [-0.25, -0.2) is 13.6 Å². The minimum absolute atomic E-state index is 0.127. The first-order chi connectivity index (χ1) is 20.7. The molecule has 3 saturated heterocycles. The van der Waals surface area contributed by atoms with Crippen molar-refractivity contribution < 1.29 is 23.1 Å². The molecule has 2 bridgehead atoms. The van der Waals surface area contributed by atoms with Crippen LogP contribution in [0.25, 0.3) is 0 Å². The Morgan fingerprint density at radius 3 is 2.32 bits per heavy atom. The number of piperidine rings is 2. The number of aromatic nitrogens is 3. The second kappa shape index (κ2) is 12.7. The summed E-state index contributed by atoms with van der Waals surface area (Å²) in [6.07, 6.45) is 3.56. The fourth-order valence-electron chi connectivity index (χ4n) is 7.33. The van der Waals surface area contributed by atoms with Gasteiger partial charge in [0.2, 0.25) is 5.91 Å². The quantitative estimate of drug-likeness (QED) is 0.383. The van der Waals surface area contributed by atoms with Crippen molar-refractivity contribution in [1.82, 2.24) is 29.9 Å². The highest BCUT2D eigenvalue weighted by Gasteiger charge is 2.47. The van der Waals surface area contributed by atoms with Gasteiger partial charge in [-0.3, -0.25) is 14.6 Å². The van der Waals surface area contributed by atoms with Crippen LogP contribution in [0.15, 0.2) is 30.3 Å². The third kappa shape index (κ3) is 7.24. The van der Waals surface area contributed by atoms with Crippen molar-refractivity contribution in [3.8, 4) is 0 Å². The van der Waals surface area contributed by atoms with Crippen molar-refractivity contribution >= 4 is 12.0 Å². The number of alkyl halides is 2. The second-order valence-electron chi connectivity index (χ2n) is 14.2. The number of likely N-dealkylation sites (tertiary alicyclic amines) is 1. The molecule has 0 spiro atoms. The summed E-state index contributed by atoms with van der Waals surface area (Å²) in [5.74, 6) is -1.17. The smallest absolute Gasteiger partial charge is 0.411 e. The summed E-state index contributed by atoms with van der Waals surface area (Å²) in [6.45, 7) is 11.4. The summed E-state index contributed by atoms with van der Waals surface area (Å²) in [4.78, 5) is 30.2. The number of nitrogens with zero attached hydrogens (tertiary/aromatic N) is 5. The molecule has 44 heavy (non-hydrogen) atoms. The lowest BCUT2D eigenvalue weighted by Crippen LogP contribution is -2.58. The van der Waals surface area contributed by atoms with E-state index in [0.29, 0.717) is 30.5 Å². The zero-order valence-corrected chi connectivity index (χ0v) is 26.9. The van der Waals surface area contributed by atoms with Gasteiger partial charge in [0.05, 0.1) is 12.6 Å². The van der Waals surface area contributed by atoms with Crippen molar-refractivity contribution in [2.24, 2.45) is 0 Å². The van der Waals surface area contributed by atoms with Crippen LogP contribution in [-0.2, 0) is 9.53 Å². The Morgan fingerprint density at radius 2 is 1.70 bits per heavy atom. The number of rotatable bonds is 8. The van der Waals surface area contributed by atoms with E-state index in [4.69, 9.17) is 4.74 Å². The Labute approximate surface area is 259 Å². The molecular weight excluding hydrogens is 566 g/mol. The van der Waals surface area contributed by atoms with E-state index in [-0.39, 0.29) is 12.5 Å². The van der Waals surface area contributed by atoms with Gasteiger partial charge in [0.1, 0.15) is 23.3 Å². The minimum atomic E-state index is -3.07. The average molecular weight is 615 g/mol. The van der Waals surface area contributed by atoms with E-state index in [2.05, 4.69) is 38.8 Å². The molecule has 2 unspecified atom stereocenters. The molecule has 0 saturated carbocycles. The van der Waals surface area contributed by atoms with E-state index in [1.807, 2.05) is 37.3 Å². The Balaban J connectivity index is 1.29. The molecule has 0 radical (unpaired) electrons. The van der Waals surface area contributed by atoms with Gasteiger partial charge < -0.3 is 14.6 Å². The van der Waals surface area contributed by atoms with Crippen molar-refractivity contribution in [2.45, 2.75) is 134 Å². The maximum absolute atomic E-state index is 14.4. The fraction of sp³-hybridized carbons (Fsp3) is 0.697. The fourth-order valence-corrected chi connectivity index (χ4v) is 7.33. The molecule has 5 atom stereocenters. The van der Waals surface area contributed by atoms with E-state index in [9.17, 15) is 18.4 Å². The Kier molecular flexibility index (Phi) is 9.35. The molecule has 1 N–H and O–H groups in total. The molecule has 242 valence electrons. The molecule has 3 aliphatic rings. The molecule has 2 amide bonds. The molecule has 4 heterocycles. The lowest BCUT2D eigenvalue weighted by Gasteiger charge is -2.41. The number of nitrogens with one attached hydrogen (secondary N) is 1. The summed E-state index contributed by atoms with van der Waals surface area (Å²) in [7, 11) is 0. The Morgan fingerprint density at radius 1 is 1.05 bits per heavy atom. The number of halogens is 2. The first-order valence-corrected chi connectivity index (χ1v) is 16.1. The van der Waals surface area contributed by atoms with Gasteiger partial charge in [-0.1, -0.05) is 44.2 Å². The maximum Gasteiger partial charge on any atom is 0.411 e. The van der Waals surface area contributed by atoms with Crippen LogP contribution < -0.4 is 5.32 Å². The molecule has 11 heteroatoms. The molecular formula is C33H48F2N6O3. The highest BCUT2D eigenvalue weighted by atomic mass is 19.3. The standard InChI is InChI=1S/C33H48F2N6O3/c1-21(2)29-38-37-22(3)41(29)26-18-24-12-13-25(19-26)39(24)17-15-27(23-10-8-7-9-11-23)36-30(42)28-14-16-33(34,35)20-40(28)31(43)44-32(4,5)6/h7-11,21,24-28H,12-20H2,1-6H3,(H,36,42)/t24-,25+,26?,27-,28?/m0/s1. The van der Waals surface area contributed by atoms with Gasteiger partial charge in [-0.15, -0.1) is 10.2 Å². The van der Waals surface area contributed by atoms with E-state index < -0.39 is 42.5 Å². The maximum atomic E-state index is 14.4. The van der Waals surface area contributed by atoms with Gasteiger partial charge in [0.15, 0.2) is 0 Å². The number of carbonyl (C=O) groups excluding carboxylic acids is 2. The third-order valence-electron chi connectivity index (χ3n) is 9.32. The van der Waals surface area contributed by atoms with Gasteiger partial charge in [0.25, 0.3) is 5.92 Å². The molecule has 3 fully saturated rings. The monoisotopic (exact) mass is 614 g/mol. The number of hydrogen-bond acceptors (Lipinski definition) is 6. The van der Waals surface area contributed by atoms with Crippen LogP contribution in [0.2, 0.25) is 0 Å². The normalized spacial score (nSPS) is 26.1. The van der Waals surface area contributed by atoms with Gasteiger partial charge >= 0.3 is 6.09 Å². The summed E-state index contributed by atoms with van der Waals surface area (Å²) in [5.41, 5.74) is 0.0860. The lowest BCUT2D eigenvalue weighted by atomic mass is 9.94. The van der Waals surface area contributed by atoms with Crippen LogP contribution in [-0.4, -0.2) is 79.3 Å². The van der Waals surface area contributed by atoms with Crippen LogP contribution in [0.4, 0.5) is 13.6 Å². The summed E-state index contributed by atoms with van der Waals surface area (Å²) >= 11 is 0. The molecule has 1 aromatic heterocycles. The number of fused-ring (bicyclic) bond motifs is 2. The number of carbonyl (C=O) groups is 2. The largest absolute Gasteiger partial charge is 0.444 e. The molecule has 1 aromatic carbocycles. The zero-order valence-electron chi connectivity index (χ0n) is 26.9.